The summed E-state index contributed by atoms with van der Waals surface area (Å²) < 4.78 is 22.6. The van der Waals surface area contributed by atoms with Gasteiger partial charge in [-0.3, -0.25) is 4.79 Å². The predicted molar refractivity (Wildman–Crippen MR) is 194 cm³/mol. The van der Waals surface area contributed by atoms with Crippen LogP contribution >= 0.6 is 0 Å². The van der Waals surface area contributed by atoms with Gasteiger partial charge < -0.3 is 29.0 Å². The third-order valence-electron chi connectivity index (χ3n) is 9.18. The lowest BCUT2D eigenvalue weighted by atomic mass is 9.80. The monoisotopic (exact) mass is 676 g/mol. The first-order chi connectivity index (χ1) is 24.3. The number of oxime groups is 1. The number of rotatable bonds is 8. The van der Waals surface area contributed by atoms with Crippen molar-refractivity contribution < 1.29 is 23.9 Å². The summed E-state index contributed by atoms with van der Waals surface area (Å²) in [6.07, 6.45) is 3.97. The van der Waals surface area contributed by atoms with Crippen molar-refractivity contribution in [3.8, 4) is 5.75 Å². The molecule has 1 N–H and O–H groups in total. The Labute approximate surface area is 290 Å². The first-order valence-corrected chi connectivity index (χ1v) is 16.8. The molecular weight excluding hydrogens is 635 g/mol. The van der Waals surface area contributed by atoms with Crippen LogP contribution in [-0.4, -0.2) is 66.6 Å². The van der Waals surface area contributed by atoms with E-state index in [1.807, 2.05) is 80.4 Å². The number of likely N-dealkylation sites (N-methyl/N-ethyl adjacent to an activating group) is 1. The summed E-state index contributed by atoms with van der Waals surface area (Å²) in [6, 6.07) is 31.7. The van der Waals surface area contributed by atoms with E-state index in [2.05, 4.69) is 46.5 Å². The van der Waals surface area contributed by atoms with Crippen molar-refractivity contribution in [3.05, 3.63) is 142 Å². The fourth-order valence-corrected chi connectivity index (χ4v) is 6.56. The maximum absolute atomic E-state index is 15.0. The normalized spacial score (nSPS) is 16.1. The molecule has 0 radical (unpaired) electrons. The maximum atomic E-state index is 15.0. The zero-order valence-electron chi connectivity index (χ0n) is 28.5. The molecule has 1 fully saturated rings. The molecule has 2 aliphatic heterocycles. The van der Waals surface area contributed by atoms with Gasteiger partial charge in [0.15, 0.2) is 11.6 Å². The second kappa shape index (κ2) is 15.0. The highest BCUT2D eigenvalue weighted by molar-refractivity contribution is 5.97. The van der Waals surface area contributed by atoms with Gasteiger partial charge in [-0.2, -0.15) is 0 Å². The van der Waals surface area contributed by atoms with Gasteiger partial charge in [0, 0.05) is 55.3 Å². The molecule has 258 valence electrons. The van der Waals surface area contributed by atoms with Crippen molar-refractivity contribution in [2.45, 2.75) is 31.9 Å². The summed E-state index contributed by atoms with van der Waals surface area (Å²) in [7, 11) is 2.02. The molecule has 50 heavy (non-hydrogen) atoms. The highest BCUT2D eigenvalue weighted by Crippen LogP contribution is 2.42. The van der Waals surface area contributed by atoms with Gasteiger partial charge in [-0.25, -0.2) is 9.18 Å². The predicted octanol–water partition coefficient (Wildman–Crippen LogP) is 6.93. The van der Waals surface area contributed by atoms with Gasteiger partial charge in [-0.05, 0) is 26.5 Å². The van der Waals surface area contributed by atoms with Gasteiger partial charge in [-0.1, -0.05) is 103 Å². The highest BCUT2D eigenvalue weighted by Gasteiger charge is 2.39. The van der Waals surface area contributed by atoms with Crippen molar-refractivity contribution >= 4 is 28.8 Å². The molecule has 9 nitrogen and oxygen atoms in total. The quantitative estimate of drug-likeness (QED) is 0.108. The maximum Gasteiger partial charge on any atom is 0.341 e. The van der Waals surface area contributed by atoms with Crippen LogP contribution in [0.25, 0.3) is 10.9 Å². The lowest BCUT2D eigenvalue weighted by molar-refractivity contribution is 0.0179. The number of anilines is 1. The van der Waals surface area contributed by atoms with Gasteiger partial charge in [-0.15, -0.1) is 0 Å². The summed E-state index contributed by atoms with van der Waals surface area (Å²) in [5.74, 6) is -1.54. The number of carbonyl (C=O) groups is 1. The Bertz CT molecular complexity index is 1930. The largest absolute Gasteiger partial charge is 0.487 e. The molecule has 0 saturated carbocycles. The van der Waals surface area contributed by atoms with Crippen molar-refractivity contribution in [1.82, 2.24) is 9.47 Å². The fourth-order valence-electron chi connectivity index (χ4n) is 6.56. The molecule has 2 aliphatic rings. The summed E-state index contributed by atoms with van der Waals surface area (Å²) >= 11 is 0. The Morgan fingerprint density at radius 1 is 0.960 bits per heavy atom. The zero-order chi connectivity index (χ0) is 35.3. The average Bonchev–Trinajstić information content (AvgIpc) is 3.14. The number of halogens is 1. The van der Waals surface area contributed by atoms with E-state index in [0.717, 1.165) is 42.3 Å². The van der Waals surface area contributed by atoms with E-state index >= 15 is 0 Å². The Morgan fingerprint density at radius 3 is 2.00 bits per heavy atom. The number of hydrogen-bond donors (Lipinski definition) is 1. The Hall–Kier alpha value is -5.48. The van der Waals surface area contributed by atoms with Gasteiger partial charge >= 0.3 is 5.97 Å². The molecule has 1 saturated heterocycles. The number of ether oxygens (including phenoxy) is 1. The van der Waals surface area contributed by atoms with Crippen LogP contribution < -0.4 is 15.1 Å². The topological polar surface area (TPSA) is 96.6 Å². The molecule has 0 bridgehead atoms. The number of piperazine rings is 1. The molecule has 10 heteroatoms. The first-order valence-electron chi connectivity index (χ1n) is 16.8. The molecule has 0 aliphatic carbocycles. The van der Waals surface area contributed by atoms with Crippen molar-refractivity contribution in [3.63, 3.8) is 0 Å². The first kappa shape index (κ1) is 34.4. The molecule has 5 aromatic rings. The third kappa shape index (κ3) is 6.58. The number of aromatic carboxylic acids is 1. The number of carboxylic acids is 1. The van der Waals surface area contributed by atoms with Crippen LogP contribution in [0, 0.1) is 5.82 Å². The smallest absolute Gasteiger partial charge is 0.341 e. The van der Waals surface area contributed by atoms with Crippen molar-refractivity contribution in [2.24, 2.45) is 5.16 Å². The standard InChI is InChI=1S/C22H21NO.C18H20FN3O4/c1-2-18-23-24-22(19-12-6-3-7-13-19,20-14-8-4-9-15-20)21-16-10-5-11-17-21;1-10-9-26-17-14-11(16(23)12(18(24)25)8-22(10)14)7-13(19)15(17)21-5-3-20(2)4-6-21/h3-18H,2H2,1H3;7-8,10H,3-6,9H2,1-2H3,(H,24,25)/t;10-/m.0/s1. The van der Waals surface area contributed by atoms with Crippen molar-refractivity contribution in [2.75, 3.05) is 44.7 Å². The Morgan fingerprint density at radius 2 is 1.50 bits per heavy atom. The molecule has 0 amide bonds. The zero-order valence-corrected chi connectivity index (χ0v) is 28.5. The van der Waals surface area contributed by atoms with Gasteiger partial charge in [0.25, 0.3) is 0 Å². The number of hydrogen-bond acceptors (Lipinski definition) is 7. The molecule has 0 unspecified atom stereocenters. The summed E-state index contributed by atoms with van der Waals surface area (Å²) in [5, 5.41) is 13.6. The van der Waals surface area contributed by atoms with Crippen LogP contribution in [0.1, 0.15) is 53.4 Å². The third-order valence-corrected chi connectivity index (χ3v) is 9.18. The molecule has 3 heterocycles. The lowest BCUT2D eigenvalue weighted by Gasteiger charge is -2.37. The molecule has 0 spiro atoms. The Kier molecular flexibility index (Phi) is 10.3. The van der Waals surface area contributed by atoms with Crippen LogP contribution in [0.2, 0.25) is 0 Å². The van der Waals surface area contributed by atoms with E-state index in [9.17, 15) is 19.1 Å². The summed E-state index contributed by atoms with van der Waals surface area (Å²) in [6.45, 7) is 7.12. The fraction of sp³-hybridized carbons (Fsp3) is 0.275. The minimum Gasteiger partial charge on any atom is -0.487 e. The SMILES string of the molecule is CCC=NOC(c1ccccc1)(c1ccccc1)c1ccccc1.C[C@H]1COc2c(N3CCN(C)CC3)c(F)cc3c(=O)c(C(=O)O)cn1c23. The van der Waals surface area contributed by atoms with E-state index in [-0.39, 0.29) is 23.6 Å². The number of carboxylic acid groups (broad SMARTS) is 1. The highest BCUT2D eigenvalue weighted by atomic mass is 19.1. The minimum atomic E-state index is -1.32. The van der Waals surface area contributed by atoms with E-state index in [1.54, 1.807) is 10.8 Å². The molecule has 7 rings (SSSR count). The molecule has 1 aromatic heterocycles. The van der Waals surface area contributed by atoms with Gasteiger partial charge in [0.05, 0.1) is 16.9 Å². The van der Waals surface area contributed by atoms with Crippen LogP contribution in [0.15, 0.2) is 113 Å². The summed E-state index contributed by atoms with van der Waals surface area (Å²) in [4.78, 5) is 34.3. The van der Waals surface area contributed by atoms with Crippen LogP contribution in [0.5, 0.6) is 5.75 Å². The molecule has 1 atom stereocenters. The summed E-state index contributed by atoms with van der Waals surface area (Å²) in [5.41, 5.74) is 2.16. The second-order valence-electron chi connectivity index (χ2n) is 12.5. The van der Waals surface area contributed by atoms with Crippen LogP contribution in [-0.2, 0) is 10.4 Å². The van der Waals surface area contributed by atoms with Gasteiger partial charge in [0.1, 0.15) is 17.9 Å². The van der Waals surface area contributed by atoms with Gasteiger partial charge in [0.2, 0.25) is 11.0 Å². The van der Waals surface area contributed by atoms with E-state index < -0.39 is 22.8 Å². The second-order valence-corrected chi connectivity index (χ2v) is 12.5. The lowest BCUT2D eigenvalue weighted by Crippen LogP contribution is -2.45. The molecular formula is C40H41FN4O5. The van der Waals surface area contributed by atoms with Crippen molar-refractivity contribution in [1.29, 1.82) is 0 Å². The van der Waals surface area contributed by atoms with E-state index in [1.165, 1.54) is 6.20 Å². The van der Waals surface area contributed by atoms with Crippen LogP contribution in [0.3, 0.4) is 0 Å². The average molecular weight is 677 g/mol. The van der Waals surface area contributed by atoms with E-state index in [4.69, 9.17) is 9.57 Å². The minimum absolute atomic E-state index is 0.0434. The Balaban J connectivity index is 0.000000174. The number of pyridine rings is 1. The van der Waals surface area contributed by atoms with Crippen LogP contribution in [0.4, 0.5) is 10.1 Å². The molecule has 4 aromatic carbocycles. The number of nitrogens with zero attached hydrogens (tertiary/aromatic N) is 4. The number of aromatic nitrogens is 1. The van der Waals surface area contributed by atoms with E-state index in [0.29, 0.717) is 30.0 Å². The number of benzene rings is 4.